The highest BCUT2D eigenvalue weighted by Crippen LogP contribution is 2.31. The van der Waals surface area contributed by atoms with E-state index < -0.39 is 5.91 Å². The Hall–Kier alpha value is -3.91. The second-order valence-electron chi connectivity index (χ2n) is 6.64. The predicted octanol–water partition coefficient (Wildman–Crippen LogP) is 4.85. The zero-order chi connectivity index (χ0) is 21.6. The highest BCUT2D eigenvalue weighted by Gasteiger charge is 2.26. The quantitative estimate of drug-likeness (QED) is 0.435. The van der Waals surface area contributed by atoms with E-state index >= 15 is 0 Å². The minimum absolute atomic E-state index is 0.00754. The predicted molar refractivity (Wildman–Crippen MR) is 120 cm³/mol. The van der Waals surface area contributed by atoms with Crippen LogP contribution < -0.4 is 15.4 Å². The third kappa shape index (κ3) is 4.81. The number of carbonyl (C=O) groups is 2. The molecule has 0 fully saturated rings. The van der Waals surface area contributed by atoms with Gasteiger partial charge in [-0.05, 0) is 41.3 Å². The van der Waals surface area contributed by atoms with Crippen LogP contribution in [0.1, 0.15) is 15.9 Å². The molecular weight excluding hydrogens is 414 g/mol. The zero-order valence-electron chi connectivity index (χ0n) is 16.6. The number of hydrogen-bond donors (Lipinski definition) is 2. The van der Waals surface area contributed by atoms with Crippen molar-refractivity contribution in [2.45, 2.75) is 6.42 Å². The molecular formula is C23H19N3O4S. The molecule has 0 saturated carbocycles. The van der Waals surface area contributed by atoms with Crippen molar-refractivity contribution in [3.63, 3.8) is 0 Å². The molecule has 2 aromatic carbocycles. The van der Waals surface area contributed by atoms with Crippen LogP contribution in [0.25, 0.3) is 11.3 Å². The van der Waals surface area contributed by atoms with E-state index in [0.717, 1.165) is 11.1 Å². The Bertz CT molecular complexity index is 1170. The number of thiophene rings is 1. The number of nitrogens with zero attached hydrogens (tertiary/aromatic N) is 1. The van der Waals surface area contributed by atoms with Gasteiger partial charge >= 0.3 is 0 Å². The lowest BCUT2D eigenvalue weighted by molar-refractivity contribution is -0.115. The molecule has 0 spiro atoms. The Balaban J connectivity index is 1.59. The number of aromatic nitrogens is 1. The van der Waals surface area contributed by atoms with E-state index in [1.165, 1.54) is 11.3 Å². The summed E-state index contributed by atoms with van der Waals surface area (Å²) in [5, 5.41) is 13.3. The average Bonchev–Trinajstić information content (AvgIpc) is 3.45. The van der Waals surface area contributed by atoms with Gasteiger partial charge in [0.25, 0.3) is 5.91 Å². The van der Waals surface area contributed by atoms with E-state index in [9.17, 15) is 9.59 Å². The normalized spacial score (nSPS) is 10.5. The lowest BCUT2D eigenvalue weighted by Gasteiger charge is -2.08. The Kier molecular flexibility index (Phi) is 6.09. The van der Waals surface area contributed by atoms with Crippen LogP contribution in [0.2, 0.25) is 0 Å². The summed E-state index contributed by atoms with van der Waals surface area (Å²) in [6, 6.07) is 18.1. The summed E-state index contributed by atoms with van der Waals surface area (Å²) in [6.07, 6.45) is 0.148. The second kappa shape index (κ2) is 9.27. The fraction of sp³-hybridized carbons (Fsp3) is 0.0870. The van der Waals surface area contributed by atoms with Crippen molar-refractivity contribution in [2.75, 3.05) is 17.7 Å². The summed E-state index contributed by atoms with van der Waals surface area (Å²) in [5.74, 6) is -0.0655. The minimum atomic E-state index is -0.442. The smallest absolute Gasteiger partial charge is 0.263 e. The summed E-state index contributed by atoms with van der Waals surface area (Å²) in [6.45, 7) is 0. The van der Waals surface area contributed by atoms with E-state index in [2.05, 4.69) is 15.8 Å². The van der Waals surface area contributed by atoms with Gasteiger partial charge in [0.15, 0.2) is 0 Å². The van der Waals surface area contributed by atoms with Crippen molar-refractivity contribution >= 4 is 34.7 Å². The third-order valence-electron chi connectivity index (χ3n) is 4.52. The van der Waals surface area contributed by atoms with Gasteiger partial charge in [-0.15, -0.1) is 0 Å². The molecule has 8 heteroatoms. The van der Waals surface area contributed by atoms with Crippen LogP contribution in [0, 0.1) is 0 Å². The molecule has 2 N–H and O–H groups in total. The molecule has 0 bridgehead atoms. The average molecular weight is 433 g/mol. The van der Waals surface area contributed by atoms with Crippen molar-refractivity contribution < 1.29 is 18.8 Å². The molecule has 4 rings (SSSR count). The number of methoxy groups -OCH3 is 1. The standard InChI is InChI=1S/C23H19N3O4S/c1-29-18-9-7-17(8-10-18)24-22(28)20-21(16-11-12-31-14-16)26-30-23(20)25-19(27)13-15-5-3-2-4-6-15/h2-12,14H,13H2,1H3,(H,24,28)(H,25,27). The molecule has 31 heavy (non-hydrogen) atoms. The Morgan fingerprint density at radius 3 is 2.48 bits per heavy atom. The van der Waals surface area contributed by atoms with Gasteiger partial charge in [-0.1, -0.05) is 35.5 Å². The lowest BCUT2D eigenvalue weighted by Crippen LogP contribution is -2.18. The molecule has 2 heterocycles. The van der Waals surface area contributed by atoms with Crippen LogP contribution in [0.3, 0.4) is 0 Å². The van der Waals surface area contributed by atoms with E-state index in [4.69, 9.17) is 9.26 Å². The lowest BCUT2D eigenvalue weighted by atomic mass is 10.1. The Labute approximate surface area is 182 Å². The van der Waals surface area contributed by atoms with Crippen molar-refractivity contribution in [1.82, 2.24) is 5.16 Å². The second-order valence-corrected chi connectivity index (χ2v) is 7.42. The van der Waals surface area contributed by atoms with Crippen molar-refractivity contribution in [2.24, 2.45) is 0 Å². The minimum Gasteiger partial charge on any atom is -0.497 e. The maximum absolute atomic E-state index is 13.1. The van der Waals surface area contributed by atoms with Crippen LogP contribution in [-0.4, -0.2) is 24.1 Å². The van der Waals surface area contributed by atoms with Gasteiger partial charge in [0.1, 0.15) is 17.0 Å². The SMILES string of the molecule is COc1ccc(NC(=O)c2c(-c3ccsc3)noc2NC(=O)Cc2ccccc2)cc1. The zero-order valence-corrected chi connectivity index (χ0v) is 17.4. The van der Waals surface area contributed by atoms with Crippen LogP contribution in [0.4, 0.5) is 11.6 Å². The molecule has 0 atom stereocenters. The number of hydrogen-bond acceptors (Lipinski definition) is 6. The number of amides is 2. The highest BCUT2D eigenvalue weighted by atomic mass is 32.1. The first-order chi connectivity index (χ1) is 15.1. The summed E-state index contributed by atoms with van der Waals surface area (Å²) in [4.78, 5) is 25.7. The number of nitrogens with one attached hydrogen (secondary N) is 2. The van der Waals surface area contributed by atoms with Gasteiger partial charge in [0, 0.05) is 16.6 Å². The fourth-order valence-corrected chi connectivity index (χ4v) is 3.64. The maximum Gasteiger partial charge on any atom is 0.263 e. The molecule has 0 saturated heterocycles. The molecule has 0 aliphatic carbocycles. The number of rotatable bonds is 7. The van der Waals surface area contributed by atoms with Gasteiger partial charge in [0.2, 0.25) is 11.8 Å². The fourth-order valence-electron chi connectivity index (χ4n) is 3.00. The first-order valence-electron chi connectivity index (χ1n) is 9.45. The van der Waals surface area contributed by atoms with Gasteiger partial charge in [-0.25, -0.2) is 0 Å². The summed E-state index contributed by atoms with van der Waals surface area (Å²) >= 11 is 1.47. The van der Waals surface area contributed by atoms with E-state index in [1.807, 2.05) is 47.2 Å². The first kappa shape index (κ1) is 20.4. The molecule has 4 aromatic rings. The number of anilines is 2. The molecule has 0 unspecified atom stereocenters. The van der Waals surface area contributed by atoms with Crippen molar-refractivity contribution in [1.29, 1.82) is 0 Å². The topological polar surface area (TPSA) is 93.5 Å². The molecule has 2 amide bonds. The molecule has 0 radical (unpaired) electrons. The molecule has 156 valence electrons. The Morgan fingerprint density at radius 1 is 1.03 bits per heavy atom. The van der Waals surface area contributed by atoms with Crippen LogP contribution in [0.5, 0.6) is 5.75 Å². The van der Waals surface area contributed by atoms with Crippen LogP contribution in [0.15, 0.2) is 75.9 Å². The number of benzene rings is 2. The van der Waals surface area contributed by atoms with Gasteiger partial charge in [0.05, 0.1) is 13.5 Å². The highest BCUT2D eigenvalue weighted by molar-refractivity contribution is 7.08. The van der Waals surface area contributed by atoms with E-state index in [1.54, 1.807) is 31.4 Å². The van der Waals surface area contributed by atoms with E-state index in [0.29, 0.717) is 17.1 Å². The largest absolute Gasteiger partial charge is 0.497 e. The molecule has 7 nitrogen and oxygen atoms in total. The van der Waals surface area contributed by atoms with E-state index in [-0.39, 0.29) is 23.8 Å². The maximum atomic E-state index is 13.1. The molecule has 0 aliphatic heterocycles. The van der Waals surface area contributed by atoms with Gasteiger partial charge in [-0.2, -0.15) is 11.3 Å². The van der Waals surface area contributed by atoms with Crippen molar-refractivity contribution in [3.8, 4) is 17.0 Å². The monoisotopic (exact) mass is 433 g/mol. The Morgan fingerprint density at radius 2 is 1.81 bits per heavy atom. The summed E-state index contributed by atoms with van der Waals surface area (Å²) in [7, 11) is 1.57. The van der Waals surface area contributed by atoms with Crippen LogP contribution in [-0.2, 0) is 11.2 Å². The van der Waals surface area contributed by atoms with Crippen LogP contribution >= 0.6 is 11.3 Å². The summed E-state index contributed by atoms with van der Waals surface area (Å²) < 4.78 is 10.5. The number of ether oxygens (including phenoxy) is 1. The van der Waals surface area contributed by atoms with Gasteiger partial charge in [-0.3, -0.25) is 14.9 Å². The molecule has 2 aromatic heterocycles. The number of carbonyl (C=O) groups excluding carboxylic acids is 2. The van der Waals surface area contributed by atoms with Gasteiger partial charge < -0.3 is 14.6 Å². The third-order valence-corrected chi connectivity index (χ3v) is 5.21. The summed E-state index contributed by atoms with van der Waals surface area (Å²) in [5.41, 5.74) is 2.68. The first-order valence-corrected chi connectivity index (χ1v) is 10.4. The van der Waals surface area contributed by atoms with Crippen molar-refractivity contribution in [3.05, 3.63) is 82.6 Å². The molecule has 0 aliphatic rings.